The number of hydrogen-bond acceptors (Lipinski definition) is 3. The van der Waals surface area contributed by atoms with Crippen LogP contribution in [0.25, 0.3) is 17.3 Å². The molecular formula is C16H15FN4O. The highest BCUT2D eigenvalue weighted by molar-refractivity contribution is 6.02. The Kier molecular flexibility index (Phi) is 5.04. The quantitative estimate of drug-likeness (QED) is 0.657. The molecule has 6 heteroatoms. The second-order valence-corrected chi connectivity index (χ2v) is 4.63. The van der Waals surface area contributed by atoms with Gasteiger partial charge in [-0.25, -0.2) is 4.39 Å². The highest BCUT2D eigenvalue weighted by Crippen LogP contribution is 2.23. The van der Waals surface area contributed by atoms with Crippen LogP contribution in [0.15, 0.2) is 36.0 Å². The molecule has 0 fully saturated rings. The number of halogens is 1. The summed E-state index contributed by atoms with van der Waals surface area (Å²) in [5, 5.41) is 18.5. The van der Waals surface area contributed by atoms with Gasteiger partial charge in [0.1, 0.15) is 17.5 Å². The van der Waals surface area contributed by atoms with Gasteiger partial charge in [-0.05, 0) is 36.8 Å². The van der Waals surface area contributed by atoms with E-state index in [1.807, 2.05) is 13.0 Å². The Hall–Kier alpha value is -2.94. The van der Waals surface area contributed by atoms with E-state index in [1.54, 1.807) is 12.1 Å². The number of amides is 1. The van der Waals surface area contributed by atoms with E-state index in [-0.39, 0.29) is 11.4 Å². The highest BCUT2D eigenvalue weighted by atomic mass is 19.1. The third-order valence-electron chi connectivity index (χ3n) is 3.00. The van der Waals surface area contributed by atoms with Crippen LogP contribution in [0.5, 0.6) is 0 Å². The Balaban J connectivity index is 2.32. The maximum atomic E-state index is 13.0. The van der Waals surface area contributed by atoms with Crippen molar-refractivity contribution in [2.24, 2.45) is 0 Å². The first-order chi connectivity index (χ1) is 10.7. The van der Waals surface area contributed by atoms with Gasteiger partial charge in [-0.2, -0.15) is 10.4 Å². The lowest BCUT2D eigenvalue weighted by atomic mass is 10.1. The average Bonchev–Trinajstić information content (AvgIpc) is 2.99. The number of aromatic nitrogens is 2. The fourth-order valence-electron chi connectivity index (χ4n) is 1.89. The third kappa shape index (κ3) is 3.58. The standard InChI is InChI=1S/C16H15FN4O/c1-2-7-19-16(22)12(9-18)8-13-10-20-21-15(13)11-3-5-14(17)6-4-11/h3-6,8,10H,2,7H2,1H3,(H,19,22)(H,20,21). The van der Waals surface area contributed by atoms with Crippen molar-refractivity contribution in [3.8, 4) is 17.3 Å². The van der Waals surface area contributed by atoms with Crippen LogP contribution >= 0.6 is 0 Å². The summed E-state index contributed by atoms with van der Waals surface area (Å²) in [5.74, 6) is -0.757. The normalized spacial score (nSPS) is 11.0. The number of benzene rings is 1. The van der Waals surface area contributed by atoms with Gasteiger partial charge in [0.05, 0.1) is 11.9 Å². The highest BCUT2D eigenvalue weighted by Gasteiger charge is 2.12. The molecule has 0 atom stereocenters. The van der Waals surface area contributed by atoms with Crippen molar-refractivity contribution < 1.29 is 9.18 Å². The summed E-state index contributed by atoms with van der Waals surface area (Å²) >= 11 is 0. The summed E-state index contributed by atoms with van der Waals surface area (Å²) in [5.41, 5.74) is 1.93. The van der Waals surface area contributed by atoms with E-state index in [1.165, 1.54) is 24.4 Å². The van der Waals surface area contributed by atoms with Gasteiger partial charge in [0.15, 0.2) is 0 Å². The Morgan fingerprint density at radius 1 is 1.45 bits per heavy atom. The van der Waals surface area contributed by atoms with Crippen LogP contribution in [0, 0.1) is 17.1 Å². The topological polar surface area (TPSA) is 81.6 Å². The summed E-state index contributed by atoms with van der Waals surface area (Å²) in [4.78, 5) is 11.9. The van der Waals surface area contributed by atoms with Gasteiger partial charge in [0.2, 0.25) is 0 Å². The number of nitriles is 1. The van der Waals surface area contributed by atoms with Gasteiger partial charge < -0.3 is 5.32 Å². The first-order valence-electron chi connectivity index (χ1n) is 6.85. The van der Waals surface area contributed by atoms with Crippen LogP contribution in [0.3, 0.4) is 0 Å². The molecule has 2 N–H and O–H groups in total. The van der Waals surface area contributed by atoms with E-state index in [2.05, 4.69) is 15.5 Å². The molecule has 1 heterocycles. The number of carbonyl (C=O) groups is 1. The number of nitrogens with one attached hydrogen (secondary N) is 2. The number of aromatic amines is 1. The molecule has 0 aliphatic carbocycles. The molecule has 2 aromatic rings. The Labute approximate surface area is 127 Å². The van der Waals surface area contributed by atoms with Gasteiger partial charge >= 0.3 is 0 Å². The van der Waals surface area contributed by atoms with Crippen LogP contribution in [-0.4, -0.2) is 22.6 Å². The maximum absolute atomic E-state index is 13.0. The first-order valence-corrected chi connectivity index (χ1v) is 6.85. The molecule has 0 aliphatic rings. The zero-order valence-corrected chi connectivity index (χ0v) is 12.1. The molecule has 1 aromatic heterocycles. The molecule has 1 aromatic carbocycles. The van der Waals surface area contributed by atoms with Crippen molar-refractivity contribution in [1.82, 2.24) is 15.5 Å². The molecule has 0 aliphatic heterocycles. The van der Waals surface area contributed by atoms with Crippen molar-refractivity contribution in [3.63, 3.8) is 0 Å². The molecule has 2 rings (SSSR count). The zero-order chi connectivity index (χ0) is 15.9. The lowest BCUT2D eigenvalue weighted by Gasteiger charge is -2.03. The van der Waals surface area contributed by atoms with Gasteiger partial charge in [-0.15, -0.1) is 0 Å². The predicted molar refractivity (Wildman–Crippen MR) is 80.9 cm³/mol. The molecule has 112 valence electrons. The fourth-order valence-corrected chi connectivity index (χ4v) is 1.89. The largest absolute Gasteiger partial charge is 0.351 e. The van der Waals surface area contributed by atoms with Crippen molar-refractivity contribution >= 4 is 12.0 Å². The number of hydrogen-bond donors (Lipinski definition) is 2. The Morgan fingerprint density at radius 3 is 2.82 bits per heavy atom. The predicted octanol–water partition coefficient (Wildman–Crippen LogP) is 2.65. The molecule has 0 bridgehead atoms. The van der Waals surface area contributed by atoms with Crippen LogP contribution in [0.2, 0.25) is 0 Å². The van der Waals surface area contributed by atoms with Crippen molar-refractivity contribution in [2.75, 3.05) is 6.54 Å². The van der Waals surface area contributed by atoms with Crippen LogP contribution in [-0.2, 0) is 4.79 Å². The summed E-state index contributed by atoms with van der Waals surface area (Å²) in [7, 11) is 0. The zero-order valence-electron chi connectivity index (χ0n) is 12.1. The van der Waals surface area contributed by atoms with Gasteiger partial charge in [0.25, 0.3) is 5.91 Å². The molecule has 5 nitrogen and oxygen atoms in total. The van der Waals surface area contributed by atoms with E-state index in [9.17, 15) is 9.18 Å². The van der Waals surface area contributed by atoms with E-state index in [4.69, 9.17) is 5.26 Å². The fraction of sp³-hybridized carbons (Fsp3) is 0.188. The van der Waals surface area contributed by atoms with Crippen LogP contribution < -0.4 is 5.32 Å². The monoisotopic (exact) mass is 298 g/mol. The number of H-pyrrole nitrogens is 1. The minimum atomic E-state index is -0.421. The minimum absolute atomic E-state index is 0.00166. The summed E-state index contributed by atoms with van der Waals surface area (Å²) in [6.07, 6.45) is 3.77. The molecule has 0 saturated heterocycles. The molecule has 22 heavy (non-hydrogen) atoms. The Morgan fingerprint density at radius 2 is 2.18 bits per heavy atom. The smallest absolute Gasteiger partial charge is 0.261 e. The van der Waals surface area contributed by atoms with Gasteiger partial charge in [0, 0.05) is 17.7 Å². The molecule has 0 spiro atoms. The summed E-state index contributed by atoms with van der Waals surface area (Å²) < 4.78 is 13.0. The second kappa shape index (κ2) is 7.18. The van der Waals surface area contributed by atoms with E-state index in [0.29, 0.717) is 17.8 Å². The van der Waals surface area contributed by atoms with Crippen LogP contribution in [0.1, 0.15) is 18.9 Å². The van der Waals surface area contributed by atoms with Crippen molar-refractivity contribution in [1.29, 1.82) is 5.26 Å². The average molecular weight is 298 g/mol. The van der Waals surface area contributed by atoms with Gasteiger partial charge in [-0.1, -0.05) is 6.92 Å². The van der Waals surface area contributed by atoms with E-state index >= 15 is 0 Å². The molecular weight excluding hydrogens is 283 g/mol. The lowest BCUT2D eigenvalue weighted by Crippen LogP contribution is -2.25. The summed E-state index contributed by atoms with van der Waals surface area (Å²) in [6.45, 7) is 2.44. The van der Waals surface area contributed by atoms with Crippen molar-refractivity contribution in [3.05, 3.63) is 47.4 Å². The lowest BCUT2D eigenvalue weighted by molar-refractivity contribution is -0.117. The van der Waals surface area contributed by atoms with Crippen LogP contribution in [0.4, 0.5) is 4.39 Å². The number of rotatable bonds is 5. The second-order valence-electron chi connectivity index (χ2n) is 4.63. The summed E-state index contributed by atoms with van der Waals surface area (Å²) in [6, 6.07) is 7.76. The molecule has 1 amide bonds. The van der Waals surface area contributed by atoms with E-state index in [0.717, 1.165) is 12.0 Å². The maximum Gasteiger partial charge on any atom is 0.261 e. The Bertz CT molecular complexity index is 725. The molecule has 0 saturated carbocycles. The minimum Gasteiger partial charge on any atom is -0.351 e. The van der Waals surface area contributed by atoms with E-state index < -0.39 is 5.91 Å². The third-order valence-corrected chi connectivity index (χ3v) is 3.00. The first kappa shape index (κ1) is 15.4. The SMILES string of the molecule is CCCNC(=O)C(C#N)=Cc1cn[nH]c1-c1ccc(F)cc1. The molecule has 0 radical (unpaired) electrons. The van der Waals surface area contributed by atoms with Crippen molar-refractivity contribution in [2.45, 2.75) is 13.3 Å². The number of carbonyl (C=O) groups excluding carboxylic acids is 1. The molecule has 0 unspecified atom stereocenters. The van der Waals surface area contributed by atoms with Gasteiger partial charge in [-0.3, -0.25) is 9.89 Å². The number of nitrogens with zero attached hydrogens (tertiary/aromatic N) is 2.